The van der Waals surface area contributed by atoms with E-state index >= 15 is 0 Å². The van der Waals surface area contributed by atoms with E-state index in [1.807, 2.05) is 19.9 Å². The standard InChI is InChI=1S/C15H16FN3OS/c1-10-9-11(2)18-15(17-10)21-8-7-14(20)19-13-6-4-3-5-12(13)16/h3-6,9H,7-8H2,1-2H3,(H,19,20). The third kappa shape index (κ3) is 4.82. The molecule has 0 atom stereocenters. The van der Waals surface area contributed by atoms with E-state index in [2.05, 4.69) is 15.3 Å². The highest BCUT2D eigenvalue weighted by molar-refractivity contribution is 7.99. The van der Waals surface area contributed by atoms with Crippen LogP contribution < -0.4 is 5.32 Å². The van der Waals surface area contributed by atoms with Crippen molar-refractivity contribution in [2.24, 2.45) is 0 Å². The van der Waals surface area contributed by atoms with Gasteiger partial charge in [0.05, 0.1) is 5.69 Å². The number of aromatic nitrogens is 2. The quantitative estimate of drug-likeness (QED) is 0.680. The third-order valence-electron chi connectivity index (χ3n) is 2.67. The molecule has 0 radical (unpaired) electrons. The number of nitrogens with zero attached hydrogens (tertiary/aromatic N) is 2. The first kappa shape index (κ1) is 15.4. The van der Waals surface area contributed by atoms with Gasteiger partial charge in [0.2, 0.25) is 5.91 Å². The number of thioether (sulfide) groups is 1. The molecule has 0 aliphatic rings. The maximum atomic E-state index is 13.4. The van der Waals surface area contributed by atoms with Gasteiger partial charge in [-0.25, -0.2) is 14.4 Å². The van der Waals surface area contributed by atoms with E-state index in [1.54, 1.807) is 12.1 Å². The van der Waals surface area contributed by atoms with Crippen molar-refractivity contribution in [2.75, 3.05) is 11.1 Å². The Morgan fingerprint density at radius 2 is 1.90 bits per heavy atom. The molecule has 0 fully saturated rings. The lowest BCUT2D eigenvalue weighted by atomic mass is 10.3. The van der Waals surface area contributed by atoms with Crippen molar-refractivity contribution >= 4 is 23.4 Å². The number of nitrogens with one attached hydrogen (secondary N) is 1. The van der Waals surface area contributed by atoms with Gasteiger partial charge in [-0.05, 0) is 32.0 Å². The molecule has 1 aromatic heterocycles. The summed E-state index contributed by atoms with van der Waals surface area (Å²) >= 11 is 1.42. The van der Waals surface area contributed by atoms with Crippen molar-refractivity contribution in [1.29, 1.82) is 0 Å². The average Bonchev–Trinajstić information content (AvgIpc) is 2.40. The number of aryl methyl sites for hydroxylation is 2. The summed E-state index contributed by atoms with van der Waals surface area (Å²) in [4.78, 5) is 20.3. The van der Waals surface area contributed by atoms with Gasteiger partial charge >= 0.3 is 0 Å². The second kappa shape index (κ2) is 7.17. The lowest BCUT2D eigenvalue weighted by Crippen LogP contribution is -2.13. The van der Waals surface area contributed by atoms with Crippen molar-refractivity contribution < 1.29 is 9.18 Å². The summed E-state index contributed by atoms with van der Waals surface area (Å²) in [5.41, 5.74) is 2.01. The Balaban J connectivity index is 1.83. The van der Waals surface area contributed by atoms with E-state index in [4.69, 9.17) is 0 Å². The van der Waals surface area contributed by atoms with Gasteiger partial charge in [-0.1, -0.05) is 23.9 Å². The molecule has 110 valence electrons. The lowest BCUT2D eigenvalue weighted by Gasteiger charge is -2.06. The molecule has 1 N–H and O–H groups in total. The Kier molecular flexibility index (Phi) is 5.27. The molecule has 0 aliphatic carbocycles. The molecule has 0 aliphatic heterocycles. The van der Waals surface area contributed by atoms with E-state index in [-0.39, 0.29) is 18.0 Å². The van der Waals surface area contributed by atoms with E-state index in [1.165, 1.54) is 23.9 Å². The second-order valence-corrected chi connectivity index (χ2v) is 5.62. The van der Waals surface area contributed by atoms with Crippen LogP contribution >= 0.6 is 11.8 Å². The number of carbonyl (C=O) groups is 1. The molecule has 1 amide bonds. The lowest BCUT2D eigenvalue weighted by molar-refractivity contribution is -0.115. The molecule has 2 rings (SSSR count). The SMILES string of the molecule is Cc1cc(C)nc(SCCC(=O)Nc2ccccc2F)n1. The average molecular weight is 305 g/mol. The zero-order chi connectivity index (χ0) is 15.2. The van der Waals surface area contributed by atoms with Gasteiger partial charge in [0.15, 0.2) is 5.16 Å². The smallest absolute Gasteiger partial charge is 0.225 e. The summed E-state index contributed by atoms with van der Waals surface area (Å²) in [6.45, 7) is 3.81. The molecule has 1 aromatic carbocycles. The van der Waals surface area contributed by atoms with Crippen molar-refractivity contribution in [3.8, 4) is 0 Å². The van der Waals surface area contributed by atoms with Crippen LogP contribution in [0.5, 0.6) is 0 Å². The molecule has 1 heterocycles. The van der Waals surface area contributed by atoms with Crippen LogP contribution in [0.25, 0.3) is 0 Å². The van der Waals surface area contributed by atoms with Gasteiger partial charge in [0.25, 0.3) is 0 Å². The number of anilines is 1. The van der Waals surface area contributed by atoms with Gasteiger partial charge in [-0.3, -0.25) is 4.79 Å². The zero-order valence-corrected chi connectivity index (χ0v) is 12.7. The fourth-order valence-corrected chi connectivity index (χ4v) is 2.66. The number of amides is 1. The Morgan fingerprint density at radius 3 is 2.57 bits per heavy atom. The molecule has 0 spiro atoms. The molecule has 6 heteroatoms. The summed E-state index contributed by atoms with van der Waals surface area (Å²) in [5, 5.41) is 3.21. The van der Waals surface area contributed by atoms with Crippen molar-refractivity contribution in [3.63, 3.8) is 0 Å². The highest BCUT2D eigenvalue weighted by Crippen LogP contribution is 2.16. The summed E-state index contributed by atoms with van der Waals surface area (Å²) in [6.07, 6.45) is 0.273. The minimum absolute atomic E-state index is 0.204. The number of halogens is 1. The maximum absolute atomic E-state index is 13.4. The fraction of sp³-hybridized carbons (Fsp3) is 0.267. The molecule has 0 saturated carbocycles. The van der Waals surface area contributed by atoms with Gasteiger partial charge in [-0.2, -0.15) is 0 Å². The number of para-hydroxylation sites is 1. The molecular weight excluding hydrogens is 289 g/mol. The van der Waals surface area contributed by atoms with Crippen LogP contribution in [0.4, 0.5) is 10.1 Å². The van der Waals surface area contributed by atoms with Gasteiger partial charge in [-0.15, -0.1) is 0 Å². The Labute approximate surface area is 127 Å². The van der Waals surface area contributed by atoms with Crippen LogP contribution in [0.2, 0.25) is 0 Å². The van der Waals surface area contributed by atoms with Crippen LogP contribution in [0.15, 0.2) is 35.5 Å². The van der Waals surface area contributed by atoms with Gasteiger partial charge in [0, 0.05) is 23.6 Å². The normalized spacial score (nSPS) is 10.4. The fourth-order valence-electron chi connectivity index (χ4n) is 1.77. The molecule has 2 aromatic rings. The van der Waals surface area contributed by atoms with E-state index in [9.17, 15) is 9.18 Å². The van der Waals surface area contributed by atoms with E-state index < -0.39 is 5.82 Å². The highest BCUT2D eigenvalue weighted by Gasteiger charge is 2.07. The largest absolute Gasteiger partial charge is 0.324 e. The van der Waals surface area contributed by atoms with Crippen molar-refractivity contribution in [1.82, 2.24) is 9.97 Å². The number of carbonyl (C=O) groups excluding carboxylic acids is 1. The number of hydrogen-bond donors (Lipinski definition) is 1. The topological polar surface area (TPSA) is 54.9 Å². The summed E-state index contributed by atoms with van der Waals surface area (Å²) in [5.74, 6) is -0.114. The first-order chi connectivity index (χ1) is 10.0. The van der Waals surface area contributed by atoms with Crippen LogP contribution in [0.3, 0.4) is 0 Å². The molecule has 4 nitrogen and oxygen atoms in total. The van der Waals surface area contributed by atoms with E-state index in [0.717, 1.165) is 11.4 Å². The van der Waals surface area contributed by atoms with E-state index in [0.29, 0.717) is 10.9 Å². The van der Waals surface area contributed by atoms with Crippen molar-refractivity contribution in [3.05, 3.63) is 47.5 Å². The summed E-state index contributed by atoms with van der Waals surface area (Å²) in [6, 6.07) is 8.01. The van der Waals surface area contributed by atoms with Crippen LogP contribution in [0, 0.1) is 19.7 Å². The zero-order valence-electron chi connectivity index (χ0n) is 11.9. The predicted molar refractivity (Wildman–Crippen MR) is 81.9 cm³/mol. The summed E-state index contributed by atoms with van der Waals surface area (Å²) in [7, 11) is 0. The Morgan fingerprint density at radius 1 is 1.24 bits per heavy atom. The molecule has 0 unspecified atom stereocenters. The van der Waals surface area contributed by atoms with Crippen LogP contribution in [-0.2, 0) is 4.79 Å². The number of hydrogen-bond acceptors (Lipinski definition) is 4. The monoisotopic (exact) mass is 305 g/mol. The second-order valence-electron chi connectivity index (χ2n) is 4.56. The number of rotatable bonds is 5. The highest BCUT2D eigenvalue weighted by atomic mass is 32.2. The predicted octanol–water partition coefficient (Wildman–Crippen LogP) is 3.35. The first-order valence-corrected chi connectivity index (χ1v) is 7.52. The van der Waals surface area contributed by atoms with Crippen LogP contribution in [0.1, 0.15) is 17.8 Å². The van der Waals surface area contributed by atoms with Gasteiger partial charge < -0.3 is 5.32 Å². The molecule has 0 bridgehead atoms. The Bertz CT molecular complexity index is 628. The van der Waals surface area contributed by atoms with Gasteiger partial charge in [0.1, 0.15) is 5.82 Å². The molecular formula is C15H16FN3OS. The summed E-state index contributed by atoms with van der Waals surface area (Å²) < 4.78 is 13.4. The third-order valence-corrected chi connectivity index (χ3v) is 3.52. The maximum Gasteiger partial charge on any atom is 0.225 e. The van der Waals surface area contributed by atoms with Crippen LogP contribution in [-0.4, -0.2) is 21.6 Å². The minimum atomic E-state index is -0.434. The minimum Gasteiger partial charge on any atom is -0.324 e. The number of benzene rings is 1. The first-order valence-electron chi connectivity index (χ1n) is 6.54. The molecule has 21 heavy (non-hydrogen) atoms. The Hall–Kier alpha value is -1.95. The molecule has 0 saturated heterocycles. The van der Waals surface area contributed by atoms with Crippen molar-refractivity contribution in [2.45, 2.75) is 25.4 Å².